The number of nitrogens with two attached hydrogens (primary N) is 2. The topological polar surface area (TPSA) is 165 Å². The number of aliphatic hydroxyl groups is 1. The van der Waals surface area contributed by atoms with Gasteiger partial charge in [0.05, 0.1) is 12.5 Å². The SMILES string of the molecule is CC.CC.CCCC.C[C@@H](O)CC(=O)NC(C)(C)C(=O)N[C@@H](Cc1ccccc1)C(N)=O.NC=O. The summed E-state index contributed by atoms with van der Waals surface area (Å²) in [5.41, 5.74) is 9.15. The van der Waals surface area contributed by atoms with Crippen LogP contribution in [0, 0.1) is 0 Å². The minimum absolute atomic E-state index is 0.111. The van der Waals surface area contributed by atoms with Gasteiger partial charge in [-0.2, -0.15) is 0 Å². The van der Waals surface area contributed by atoms with Gasteiger partial charge in [-0.1, -0.05) is 84.7 Å². The molecular formula is C26H50N4O5. The van der Waals surface area contributed by atoms with E-state index in [1.54, 1.807) is 0 Å². The van der Waals surface area contributed by atoms with E-state index in [-0.39, 0.29) is 19.3 Å². The normalized spacial score (nSPS) is 10.9. The first-order chi connectivity index (χ1) is 16.4. The largest absolute Gasteiger partial charge is 0.393 e. The lowest BCUT2D eigenvalue weighted by Gasteiger charge is -2.27. The van der Waals surface area contributed by atoms with Gasteiger partial charge in [-0.05, 0) is 26.3 Å². The predicted octanol–water partition coefficient (Wildman–Crippen LogP) is 2.83. The van der Waals surface area contributed by atoms with Crippen LogP contribution in [0.2, 0.25) is 0 Å². The van der Waals surface area contributed by atoms with Crippen LogP contribution in [0.3, 0.4) is 0 Å². The van der Waals surface area contributed by atoms with E-state index in [2.05, 4.69) is 30.2 Å². The van der Waals surface area contributed by atoms with Gasteiger partial charge < -0.3 is 27.2 Å². The van der Waals surface area contributed by atoms with Crippen molar-refractivity contribution in [1.29, 1.82) is 0 Å². The van der Waals surface area contributed by atoms with E-state index in [9.17, 15) is 19.5 Å². The summed E-state index contributed by atoms with van der Waals surface area (Å²) >= 11 is 0. The Morgan fingerprint density at radius 3 is 1.80 bits per heavy atom. The van der Waals surface area contributed by atoms with Gasteiger partial charge >= 0.3 is 0 Å². The summed E-state index contributed by atoms with van der Waals surface area (Å²) in [4.78, 5) is 44.3. The van der Waals surface area contributed by atoms with Crippen molar-refractivity contribution in [3.05, 3.63) is 35.9 Å². The van der Waals surface area contributed by atoms with Gasteiger partial charge in [0.1, 0.15) is 11.6 Å². The maximum absolute atomic E-state index is 12.4. The fourth-order valence-electron chi connectivity index (χ4n) is 2.14. The molecule has 7 N–H and O–H groups in total. The van der Waals surface area contributed by atoms with Crippen LogP contribution >= 0.6 is 0 Å². The number of carbonyl (C=O) groups is 4. The van der Waals surface area contributed by atoms with Crippen molar-refractivity contribution in [3.8, 4) is 0 Å². The highest BCUT2D eigenvalue weighted by Gasteiger charge is 2.32. The third-order valence-corrected chi connectivity index (χ3v) is 3.93. The smallest absolute Gasteiger partial charge is 0.245 e. The molecule has 9 heteroatoms. The molecule has 0 heterocycles. The summed E-state index contributed by atoms with van der Waals surface area (Å²) in [6, 6.07) is 8.29. The van der Waals surface area contributed by atoms with Crippen LogP contribution in [-0.4, -0.2) is 46.9 Å². The summed E-state index contributed by atoms with van der Waals surface area (Å²) in [5, 5.41) is 14.3. The van der Waals surface area contributed by atoms with E-state index in [1.807, 2.05) is 58.0 Å². The molecule has 0 radical (unpaired) electrons. The zero-order valence-electron chi connectivity index (χ0n) is 23.2. The number of hydrogen-bond donors (Lipinski definition) is 5. The molecule has 0 aliphatic rings. The average molecular weight is 499 g/mol. The maximum Gasteiger partial charge on any atom is 0.245 e. The molecule has 0 unspecified atom stereocenters. The minimum atomic E-state index is -1.24. The third kappa shape index (κ3) is 24.0. The van der Waals surface area contributed by atoms with E-state index < -0.39 is 35.4 Å². The van der Waals surface area contributed by atoms with Crippen LogP contribution in [-0.2, 0) is 25.6 Å². The van der Waals surface area contributed by atoms with E-state index in [0.29, 0.717) is 0 Å². The van der Waals surface area contributed by atoms with E-state index in [4.69, 9.17) is 10.5 Å². The Balaban J connectivity index is -0.000000372. The molecule has 0 bridgehead atoms. The van der Waals surface area contributed by atoms with Crippen molar-refractivity contribution in [1.82, 2.24) is 10.6 Å². The zero-order valence-corrected chi connectivity index (χ0v) is 23.2. The van der Waals surface area contributed by atoms with Crippen LogP contribution in [0.25, 0.3) is 0 Å². The number of rotatable bonds is 9. The Labute approximate surface area is 212 Å². The first-order valence-corrected chi connectivity index (χ1v) is 12.2. The third-order valence-electron chi connectivity index (χ3n) is 3.93. The fraction of sp³-hybridized carbons (Fsp3) is 0.615. The van der Waals surface area contributed by atoms with E-state index in [0.717, 1.165) is 5.56 Å². The van der Waals surface area contributed by atoms with Gasteiger partial charge in [0.25, 0.3) is 0 Å². The highest BCUT2D eigenvalue weighted by molar-refractivity contribution is 5.94. The fourth-order valence-corrected chi connectivity index (χ4v) is 2.14. The standard InChI is InChI=1S/C17H25N3O4.C4H10.2C2H6.CH3NO/c1-11(21)9-14(22)20-17(2,3)16(24)19-13(15(18)23)10-12-7-5-4-6-8-12;1-3-4-2;2*1-2;2-1-3/h4-8,11,13,21H,9-10H2,1-3H3,(H2,18,23)(H,19,24)(H,20,22);3-4H2,1-2H3;2*1-2H3;1H,(H2,2,3)/t11-,13+;;;;/m1..../s1. The van der Waals surface area contributed by atoms with Crippen molar-refractivity contribution in [2.45, 2.75) is 106 Å². The minimum Gasteiger partial charge on any atom is -0.393 e. The molecule has 0 aliphatic carbocycles. The van der Waals surface area contributed by atoms with Gasteiger partial charge in [0.15, 0.2) is 0 Å². The molecule has 204 valence electrons. The van der Waals surface area contributed by atoms with Crippen molar-refractivity contribution in [2.24, 2.45) is 11.5 Å². The molecule has 35 heavy (non-hydrogen) atoms. The molecule has 0 fully saturated rings. The lowest BCUT2D eigenvalue weighted by molar-refractivity contribution is -0.135. The molecule has 9 nitrogen and oxygen atoms in total. The molecule has 1 aromatic carbocycles. The van der Waals surface area contributed by atoms with Gasteiger partial charge in [0, 0.05) is 6.42 Å². The van der Waals surface area contributed by atoms with Crippen molar-refractivity contribution < 1.29 is 24.3 Å². The number of primary amides is 2. The molecular weight excluding hydrogens is 448 g/mol. The van der Waals surface area contributed by atoms with Crippen molar-refractivity contribution in [2.75, 3.05) is 0 Å². The number of aliphatic hydroxyl groups excluding tert-OH is 1. The molecule has 0 aromatic heterocycles. The number of hydrogen-bond acceptors (Lipinski definition) is 5. The number of unbranched alkanes of at least 4 members (excludes halogenated alkanes) is 1. The van der Waals surface area contributed by atoms with E-state index in [1.165, 1.54) is 33.6 Å². The van der Waals surface area contributed by atoms with Gasteiger partial charge in [-0.3, -0.25) is 19.2 Å². The molecule has 0 saturated carbocycles. The second-order valence-electron chi connectivity index (χ2n) is 7.48. The number of carbonyl (C=O) groups excluding carboxylic acids is 4. The number of benzene rings is 1. The Kier molecular flexibility index (Phi) is 28.8. The van der Waals surface area contributed by atoms with Crippen molar-refractivity contribution >= 4 is 24.1 Å². The number of nitrogens with one attached hydrogen (secondary N) is 2. The Hall–Kier alpha value is -2.94. The highest BCUT2D eigenvalue weighted by atomic mass is 16.3. The van der Waals surface area contributed by atoms with Crippen LogP contribution in [0.4, 0.5) is 0 Å². The second-order valence-corrected chi connectivity index (χ2v) is 7.48. The summed E-state index contributed by atoms with van der Waals surface area (Å²) in [6.07, 6.45) is 2.24. The lowest BCUT2D eigenvalue weighted by atomic mass is 10.0. The van der Waals surface area contributed by atoms with Gasteiger partial charge in [0.2, 0.25) is 24.1 Å². The maximum atomic E-state index is 12.4. The molecule has 0 aliphatic heterocycles. The molecule has 0 saturated heterocycles. The van der Waals surface area contributed by atoms with Gasteiger partial charge in [-0.25, -0.2) is 0 Å². The average Bonchev–Trinajstić information content (AvgIpc) is 2.81. The Morgan fingerprint density at radius 1 is 1.03 bits per heavy atom. The summed E-state index contributed by atoms with van der Waals surface area (Å²) in [7, 11) is 0. The summed E-state index contributed by atoms with van der Waals surface area (Å²) < 4.78 is 0. The van der Waals surface area contributed by atoms with Crippen LogP contribution in [0.15, 0.2) is 30.3 Å². The molecule has 4 amide bonds. The molecule has 0 spiro atoms. The summed E-state index contributed by atoms with van der Waals surface area (Å²) in [5.74, 6) is -1.64. The quantitative estimate of drug-likeness (QED) is 0.330. The first kappa shape index (κ1) is 39.3. The zero-order chi connectivity index (χ0) is 28.4. The molecule has 1 rings (SSSR count). The molecule has 1 aromatic rings. The predicted molar refractivity (Wildman–Crippen MR) is 143 cm³/mol. The Bertz CT molecular complexity index is 663. The van der Waals surface area contributed by atoms with Crippen LogP contribution in [0.1, 0.15) is 87.1 Å². The molecule has 2 atom stereocenters. The van der Waals surface area contributed by atoms with Crippen LogP contribution < -0.4 is 22.1 Å². The first-order valence-electron chi connectivity index (χ1n) is 12.2. The van der Waals surface area contributed by atoms with E-state index >= 15 is 0 Å². The second kappa shape index (κ2) is 25.7. The van der Waals surface area contributed by atoms with Gasteiger partial charge in [-0.15, -0.1) is 0 Å². The highest BCUT2D eigenvalue weighted by Crippen LogP contribution is 2.07. The Morgan fingerprint density at radius 2 is 1.46 bits per heavy atom. The summed E-state index contributed by atoms with van der Waals surface area (Å²) in [6.45, 7) is 16.9. The monoisotopic (exact) mass is 498 g/mol. The lowest BCUT2D eigenvalue weighted by Crippen LogP contribution is -2.59. The van der Waals surface area contributed by atoms with Crippen molar-refractivity contribution in [3.63, 3.8) is 0 Å². The van der Waals surface area contributed by atoms with Crippen LogP contribution in [0.5, 0.6) is 0 Å². The number of amides is 4.